The van der Waals surface area contributed by atoms with E-state index < -0.39 is 47.2 Å². The minimum Gasteiger partial charge on any atom is -0.508 e. The first-order chi connectivity index (χ1) is 34.4. The summed E-state index contributed by atoms with van der Waals surface area (Å²) in [7, 11) is 5.28. The van der Waals surface area contributed by atoms with Crippen LogP contribution in [0.2, 0.25) is 0 Å². The molecule has 2 aromatic heterocycles. The van der Waals surface area contributed by atoms with Crippen molar-refractivity contribution in [2.24, 2.45) is 24.3 Å². The number of carbonyl (C=O) groups is 5. The number of benzene rings is 2. The maximum absolute atomic E-state index is 14.8. The Kier molecular flexibility index (Phi) is 16.0. The van der Waals surface area contributed by atoms with Crippen molar-refractivity contribution in [1.29, 1.82) is 0 Å². The summed E-state index contributed by atoms with van der Waals surface area (Å²) in [6, 6.07) is 12.3. The molecule has 0 radical (unpaired) electrons. The predicted molar refractivity (Wildman–Crippen MR) is 272 cm³/mol. The molecule has 4 aliphatic heterocycles. The van der Waals surface area contributed by atoms with E-state index in [4.69, 9.17) is 19.2 Å². The first-order valence-electron chi connectivity index (χ1n) is 25.2. The van der Waals surface area contributed by atoms with Crippen molar-refractivity contribution in [3.63, 3.8) is 0 Å². The molecular formula is C55H70N8O9. The molecule has 3 fully saturated rings. The van der Waals surface area contributed by atoms with E-state index in [1.54, 1.807) is 37.4 Å². The van der Waals surface area contributed by atoms with Gasteiger partial charge in [0.15, 0.2) is 0 Å². The Labute approximate surface area is 422 Å². The van der Waals surface area contributed by atoms with Gasteiger partial charge in [0.1, 0.15) is 23.9 Å². The molecule has 8 rings (SSSR count). The number of phenolic OH excluding ortho intramolecular Hbond substituents is 1. The lowest BCUT2D eigenvalue weighted by molar-refractivity contribution is -0.155. The molecule has 17 nitrogen and oxygen atoms in total. The van der Waals surface area contributed by atoms with Crippen molar-refractivity contribution in [1.82, 2.24) is 40.0 Å². The number of hydrazine groups is 1. The fourth-order valence-corrected chi connectivity index (χ4v) is 10.7. The number of esters is 1. The minimum atomic E-state index is -1.18. The van der Waals surface area contributed by atoms with E-state index in [1.165, 1.54) is 9.91 Å². The molecular weight excluding hydrogens is 917 g/mol. The average molecular weight is 987 g/mol. The SMILES string of the molecule is CO[C@@H](C)c1ncccc1-c1c2c3cc(ccc3n1C)-c1cc(O)cc(c1)C[C@H](NC(=O)[C@H](C(C)C)N(C)C(=O)[C@H]1CCN(C(=O)C#CCN3CCOCC3)C1)C(=O)N1CCC[C@H](N1)C(=O)OCC(C)(C)C2. The van der Waals surface area contributed by atoms with Gasteiger partial charge in [0, 0.05) is 88.4 Å². The molecule has 4 amide bonds. The molecule has 2 aromatic carbocycles. The number of hydrogen-bond acceptors (Lipinski definition) is 12. The fourth-order valence-electron chi connectivity index (χ4n) is 10.7. The number of likely N-dealkylation sites (N-methyl/N-ethyl adjacent to an activating group) is 1. The molecule has 6 heterocycles. The van der Waals surface area contributed by atoms with Crippen LogP contribution < -0.4 is 10.7 Å². The molecule has 72 heavy (non-hydrogen) atoms. The summed E-state index contributed by atoms with van der Waals surface area (Å²) in [6.07, 6.45) is 3.34. The number of nitrogens with one attached hydrogen (secondary N) is 2. The number of cyclic esters (lactones) is 1. The Balaban J connectivity index is 1.10. The van der Waals surface area contributed by atoms with Crippen molar-refractivity contribution >= 4 is 40.5 Å². The summed E-state index contributed by atoms with van der Waals surface area (Å²) in [4.78, 5) is 80.6. The monoisotopic (exact) mass is 987 g/mol. The lowest BCUT2D eigenvalue weighted by Crippen LogP contribution is -2.62. The number of aromatic nitrogens is 2. The van der Waals surface area contributed by atoms with E-state index in [9.17, 15) is 29.1 Å². The zero-order chi connectivity index (χ0) is 51.4. The molecule has 3 saturated heterocycles. The third-order valence-electron chi connectivity index (χ3n) is 14.6. The van der Waals surface area contributed by atoms with E-state index in [0.29, 0.717) is 63.1 Å². The maximum atomic E-state index is 14.8. The van der Waals surface area contributed by atoms with Gasteiger partial charge in [-0.2, -0.15) is 0 Å². The van der Waals surface area contributed by atoms with E-state index >= 15 is 0 Å². The molecule has 3 N–H and O–H groups in total. The summed E-state index contributed by atoms with van der Waals surface area (Å²) in [5.74, 6) is 2.65. The molecule has 0 spiro atoms. The van der Waals surface area contributed by atoms with Gasteiger partial charge in [-0.15, -0.1) is 0 Å². The van der Waals surface area contributed by atoms with Gasteiger partial charge in [-0.25, -0.2) is 5.43 Å². The molecule has 0 saturated carbocycles. The molecule has 17 heteroatoms. The lowest BCUT2D eigenvalue weighted by atomic mass is 9.84. The van der Waals surface area contributed by atoms with Crippen molar-refractivity contribution in [2.75, 3.05) is 73.2 Å². The van der Waals surface area contributed by atoms with Gasteiger partial charge < -0.3 is 39.0 Å². The Morgan fingerprint density at radius 2 is 1.81 bits per heavy atom. The van der Waals surface area contributed by atoms with Crippen LogP contribution in [0.4, 0.5) is 0 Å². The van der Waals surface area contributed by atoms with Gasteiger partial charge in [-0.1, -0.05) is 45.7 Å². The van der Waals surface area contributed by atoms with Gasteiger partial charge in [0.25, 0.3) is 11.8 Å². The van der Waals surface area contributed by atoms with E-state index in [-0.39, 0.29) is 55.7 Å². The highest BCUT2D eigenvalue weighted by Crippen LogP contribution is 2.42. The molecule has 0 aliphatic carbocycles. The topological polar surface area (TPSA) is 188 Å². The lowest BCUT2D eigenvalue weighted by Gasteiger charge is -2.37. The average Bonchev–Trinajstić information content (AvgIpc) is 3.97. The van der Waals surface area contributed by atoms with Crippen molar-refractivity contribution in [3.05, 3.63) is 71.5 Å². The van der Waals surface area contributed by atoms with Crippen LogP contribution in [0.15, 0.2) is 54.7 Å². The number of carbonyl (C=O) groups excluding carboxylic acids is 5. The number of methoxy groups -OCH3 is 1. The van der Waals surface area contributed by atoms with Crippen LogP contribution in [0.3, 0.4) is 0 Å². The zero-order valence-electron chi connectivity index (χ0n) is 43.0. The number of morpholine rings is 1. The molecule has 4 aliphatic rings. The van der Waals surface area contributed by atoms with Gasteiger partial charge in [0.05, 0.1) is 49.8 Å². The number of aromatic hydroxyl groups is 1. The highest BCUT2D eigenvalue weighted by atomic mass is 16.5. The molecule has 0 unspecified atom stereocenters. The van der Waals surface area contributed by atoms with Crippen LogP contribution in [0.5, 0.6) is 5.75 Å². The van der Waals surface area contributed by atoms with Crippen LogP contribution in [0.25, 0.3) is 33.3 Å². The van der Waals surface area contributed by atoms with Gasteiger partial charge in [-0.3, -0.25) is 38.9 Å². The zero-order valence-corrected chi connectivity index (χ0v) is 43.0. The second-order valence-electron chi connectivity index (χ2n) is 20.9. The molecule has 5 atom stereocenters. The number of fused-ring (bicyclic) bond motifs is 6. The van der Waals surface area contributed by atoms with Crippen LogP contribution in [0.1, 0.15) is 76.8 Å². The van der Waals surface area contributed by atoms with Crippen LogP contribution in [0, 0.1) is 29.1 Å². The van der Waals surface area contributed by atoms with Gasteiger partial charge in [0.2, 0.25) is 11.8 Å². The van der Waals surface area contributed by atoms with E-state index in [0.717, 1.165) is 52.1 Å². The second-order valence-corrected chi connectivity index (χ2v) is 20.9. The normalized spacial score (nSPS) is 21.6. The highest BCUT2D eigenvalue weighted by Gasteiger charge is 2.40. The number of aryl methyl sites for hydroxylation is 1. The van der Waals surface area contributed by atoms with Crippen LogP contribution >= 0.6 is 0 Å². The van der Waals surface area contributed by atoms with Crippen molar-refractivity contribution in [2.45, 2.75) is 91.0 Å². The number of amides is 4. The fraction of sp³-hybridized carbons (Fsp3) is 0.527. The summed E-state index contributed by atoms with van der Waals surface area (Å²) in [6.45, 7) is 13.9. The first-order valence-corrected chi connectivity index (χ1v) is 25.2. The summed E-state index contributed by atoms with van der Waals surface area (Å²) >= 11 is 0. The van der Waals surface area contributed by atoms with Crippen LogP contribution in [-0.4, -0.2) is 155 Å². The Bertz CT molecular complexity index is 2750. The third kappa shape index (κ3) is 11.5. The minimum absolute atomic E-state index is 0.0188. The van der Waals surface area contributed by atoms with Gasteiger partial charge >= 0.3 is 5.97 Å². The van der Waals surface area contributed by atoms with Crippen molar-refractivity contribution < 1.29 is 43.3 Å². The standard InChI is InChI=1S/C55H70N8O9/c1-34(2)49(60(7)52(67)38-17-21-62(32-38)47(65)14-11-19-61-22-24-71-25-23-61)51(66)57-45-28-36-26-39(29-40(64)27-36)37-15-16-46-42(30-37)43(50(59(46)6)41-12-9-18-56-48(41)35(3)70-8)31-55(4,5)33-72-54(69)44-13-10-20-63(58-44)53(45)68/h9,12,15-16,18,26-27,29-30,34-35,38,44-45,49,58,64H,10,13,17,19-25,28,31-33H2,1-8H3,(H,57,66)/t35-,38-,44-,45-,49-/m0/s1. The quantitative estimate of drug-likeness (QED) is 0.156. The number of phenols is 1. The number of rotatable bonds is 9. The summed E-state index contributed by atoms with van der Waals surface area (Å²) < 4.78 is 19.5. The second kappa shape index (κ2) is 22.2. The summed E-state index contributed by atoms with van der Waals surface area (Å²) in [5, 5.41) is 16.7. The number of pyridine rings is 1. The Morgan fingerprint density at radius 3 is 2.56 bits per heavy atom. The third-order valence-corrected chi connectivity index (χ3v) is 14.6. The Morgan fingerprint density at radius 1 is 1.03 bits per heavy atom. The largest absolute Gasteiger partial charge is 0.508 e. The van der Waals surface area contributed by atoms with Gasteiger partial charge in [-0.05, 0) is 103 Å². The highest BCUT2D eigenvalue weighted by molar-refractivity contribution is 5.97. The number of likely N-dealkylation sites (tertiary alicyclic amines) is 1. The molecule has 384 valence electrons. The van der Waals surface area contributed by atoms with Crippen molar-refractivity contribution in [3.8, 4) is 40.0 Å². The van der Waals surface area contributed by atoms with Crippen LogP contribution in [-0.2, 0) is 58.1 Å². The maximum Gasteiger partial charge on any atom is 0.324 e. The number of nitrogens with zero attached hydrogens (tertiary/aromatic N) is 6. The molecule has 6 bridgehead atoms. The predicted octanol–water partition coefficient (Wildman–Crippen LogP) is 4.64. The Hall–Kier alpha value is -6.32. The van der Waals surface area contributed by atoms with E-state index in [1.807, 2.05) is 46.0 Å². The molecule has 4 aromatic rings. The number of ether oxygens (including phenoxy) is 3. The summed E-state index contributed by atoms with van der Waals surface area (Å²) in [5.41, 5.74) is 9.37. The van der Waals surface area contributed by atoms with E-state index in [2.05, 4.69) is 64.1 Å². The first kappa shape index (κ1) is 52.0. The number of hydrogen-bond donors (Lipinski definition) is 3. The smallest absolute Gasteiger partial charge is 0.324 e.